The molecule has 2 rings (SSSR count). The molecule has 5 nitrogen and oxygen atoms in total. The predicted octanol–water partition coefficient (Wildman–Crippen LogP) is 2.70. The first-order valence-corrected chi connectivity index (χ1v) is 8.54. The number of carbonyl (C=O) groups excluding carboxylic acids is 1. The van der Waals surface area contributed by atoms with Gasteiger partial charge in [0.05, 0.1) is 35.8 Å². The summed E-state index contributed by atoms with van der Waals surface area (Å²) in [6.07, 6.45) is 1.82. The Morgan fingerprint density at radius 3 is 3.05 bits per heavy atom. The van der Waals surface area contributed by atoms with Crippen LogP contribution in [0.2, 0.25) is 0 Å². The molecule has 2 N–H and O–H groups in total. The fourth-order valence-electron chi connectivity index (χ4n) is 1.74. The lowest BCUT2D eigenvalue weighted by Crippen LogP contribution is -2.12. The van der Waals surface area contributed by atoms with Crippen molar-refractivity contribution in [3.8, 4) is 0 Å². The van der Waals surface area contributed by atoms with E-state index in [4.69, 9.17) is 4.74 Å². The molecule has 0 saturated carbocycles. The Morgan fingerprint density at radius 1 is 1.55 bits per heavy atom. The number of esters is 1. The molecule has 1 atom stereocenters. The van der Waals surface area contributed by atoms with Crippen LogP contribution in [0.3, 0.4) is 0 Å². The average Bonchev–Trinajstić information content (AvgIpc) is 2.38. The zero-order valence-corrected chi connectivity index (χ0v) is 12.9. The molecule has 7 heteroatoms. The molecule has 0 fully saturated rings. The SMILES string of the molecule is CCOC(=O)CC1=CSc2cc(N[S+](C)[O-])ccc2N1. The number of rotatable bonds is 5. The lowest BCUT2D eigenvalue weighted by molar-refractivity contribution is -0.142. The summed E-state index contributed by atoms with van der Waals surface area (Å²) in [5, 5.41) is 5.10. The van der Waals surface area contributed by atoms with Crippen molar-refractivity contribution in [1.29, 1.82) is 0 Å². The molecule has 1 aromatic carbocycles. The number of hydrogen-bond acceptors (Lipinski definition) is 6. The lowest BCUT2D eigenvalue weighted by Gasteiger charge is -2.19. The van der Waals surface area contributed by atoms with Crippen LogP contribution in [-0.2, 0) is 20.9 Å². The highest BCUT2D eigenvalue weighted by Crippen LogP contribution is 2.37. The third-order valence-corrected chi connectivity index (χ3v) is 4.02. The second kappa shape index (κ2) is 6.92. The normalized spacial score (nSPS) is 14.7. The van der Waals surface area contributed by atoms with Crippen LogP contribution in [0.4, 0.5) is 11.4 Å². The van der Waals surface area contributed by atoms with Gasteiger partial charge in [-0.05, 0) is 30.5 Å². The van der Waals surface area contributed by atoms with Crippen molar-refractivity contribution in [2.45, 2.75) is 18.2 Å². The second-order valence-corrected chi connectivity index (χ2v) is 6.16. The smallest absolute Gasteiger partial charge is 0.311 e. The Bertz CT molecular complexity index is 532. The van der Waals surface area contributed by atoms with Gasteiger partial charge in [0.2, 0.25) is 0 Å². The van der Waals surface area contributed by atoms with Gasteiger partial charge in [0.25, 0.3) is 0 Å². The number of anilines is 2. The van der Waals surface area contributed by atoms with Gasteiger partial charge in [-0.1, -0.05) is 11.8 Å². The van der Waals surface area contributed by atoms with Crippen LogP contribution >= 0.6 is 11.8 Å². The van der Waals surface area contributed by atoms with Crippen molar-refractivity contribution in [1.82, 2.24) is 0 Å². The van der Waals surface area contributed by atoms with Gasteiger partial charge < -0.3 is 14.6 Å². The summed E-state index contributed by atoms with van der Waals surface area (Å²) in [6, 6.07) is 5.67. The van der Waals surface area contributed by atoms with Crippen molar-refractivity contribution >= 4 is 40.5 Å². The number of fused-ring (bicyclic) bond motifs is 1. The summed E-state index contributed by atoms with van der Waals surface area (Å²) >= 11 is 0.436. The van der Waals surface area contributed by atoms with E-state index in [1.165, 1.54) is 11.8 Å². The zero-order valence-electron chi connectivity index (χ0n) is 11.3. The third kappa shape index (κ3) is 4.09. The molecule has 20 heavy (non-hydrogen) atoms. The molecule has 0 spiro atoms. The van der Waals surface area contributed by atoms with E-state index in [0.717, 1.165) is 22.0 Å². The van der Waals surface area contributed by atoms with Gasteiger partial charge in [0.15, 0.2) is 0 Å². The Balaban J connectivity index is 2.03. The third-order valence-electron chi connectivity index (χ3n) is 2.51. The van der Waals surface area contributed by atoms with E-state index < -0.39 is 11.4 Å². The molecule has 0 bridgehead atoms. The van der Waals surface area contributed by atoms with Gasteiger partial charge in [-0.3, -0.25) is 4.79 Å². The molecular formula is C13H16N2O3S2. The van der Waals surface area contributed by atoms with Gasteiger partial charge in [-0.2, -0.15) is 0 Å². The number of nitrogens with one attached hydrogen (secondary N) is 2. The Hall–Kier alpha value is -1.31. The standard InChI is InChI=1S/C13H16N2O3S2/c1-3-18-13(16)7-10-8-19-12-6-9(15-20(2)17)4-5-11(12)14-10/h4-6,8,14-15H,3,7H2,1-2H3. The second-order valence-electron chi connectivity index (χ2n) is 4.13. The topological polar surface area (TPSA) is 73.4 Å². The number of benzene rings is 1. The molecule has 108 valence electrons. The molecule has 1 aliphatic rings. The first-order chi connectivity index (χ1) is 9.58. The zero-order chi connectivity index (χ0) is 14.5. The molecule has 0 radical (unpaired) electrons. The molecule has 1 unspecified atom stereocenters. The summed E-state index contributed by atoms with van der Waals surface area (Å²) in [4.78, 5) is 12.5. The van der Waals surface area contributed by atoms with Crippen LogP contribution in [0.1, 0.15) is 13.3 Å². The van der Waals surface area contributed by atoms with Crippen molar-refractivity contribution in [2.24, 2.45) is 0 Å². The molecule has 0 amide bonds. The molecule has 1 aromatic rings. The molecule has 1 aliphatic heterocycles. The van der Waals surface area contributed by atoms with Crippen molar-refractivity contribution in [3.05, 3.63) is 29.3 Å². The summed E-state index contributed by atoms with van der Waals surface area (Å²) in [5.74, 6) is -0.241. The van der Waals surface area contributed by atoms with Crippen LogP contribution in [0.15, 0.2) is 34.2 Å². The fraction of sp³-hybridized carbons (Fsp3) is 0.308. The van der Waals surface area contributed by atoms with Gasteiger partial charge in [0.1, 0.15) is 6.26 Å². The van der Waals surface area contributed by atoms with Crippen LogP contribution in [-0.4, -0.2) is 23.4 Å². The van der Waals surface area contributed by atoms with E-state index in [1.807, 2.05) is 23.6 Å². The van der Waals surface area contributed by atoms with Crippen LogP contribution < -0.4 is 10.0 Å². The summed E-state index contributed by atoms with van der Waals surface area (Å²) in [6.45, 7) is 2.18. The number of carbonyl (C=O) groups is 1. The largest absolute Gasteiger partial charge is 0.593 e. The van der Waals surface area contributed by atoms with Gasteiger partial charge in [0, 0.05) is 10.6 Å². The predicted molar refractivity (Wildman–Crippen MR) is 82.9 cm³/mol. The number of ether oxygens (including phenoxy) is 1. The first-order valence-electron chi connectivity index (χ1n) is 6.11. The first kappa shape index (κ1) is 15.1. The maximum Gasteiger partial charge on any atom is 0.311 e. The van der Waals surface area contributed by atoms with Crippen LogP contribution in [0.5, 0.6) is 0 Å². The highest BCUT2D eigenvalue weighted by atomic mass is 32.2. The molecule has 0 aromatic heterocycles. The van der Waals surface area contributed by atoms with E-state index in [-0.39, 0.29) is 12.4 Å². The molecule has 0 saturated heterocycles. The van der Waals surface area contributed by atoms with E-state index in [0.29, 0.717) is 6.61 Å². The fourth-order valence-corrected chi connectivity index (χ4v) is 3.05. The Kier molecular flexibility index (Phi) is 5.22. The maximum absolute atomic E-state index is 11.4. The highest BCUT2D eigenvalue weighted by Gasteiger charge is 2.15. The van der Waals surface area contributed by atoms with Gasteiger partial charge >= 0.3 is 5.97 Å². The minimum absolute atomic E-state index is 0.235. The van der Waals surface area contributed by atoms with E-state index >= 15 is 0 Å². The summed E-state index contributed by atoms with van der Waals surface area (Å²) < 4.78 is 18.9. The van der Waals surface area contributed by atoms with Crippen LogP contribution in [0.25, 0.3) is 0 Å². The minimum atomic E-state index is -1.09. The summed E-state index contributed by atoms with van der Waals surface area (Å²) in [7, 11) is 0. The van der Waals surface area contributed by atoms with Gasteiger partial charge in [-0.15, -0.1) is 0 Å². The molecule has 1 heterocycles. The van der Waals surface area contributed by atoms with Crippen LogP contribution in [0, 0.1) is 0 Å². The van der Waals surface area contributed by atoms with E-state index in [2.05, 4.69) is 10.0 Å². The van der Waals surface area contributed by atoms with E-state index in [9.17, 15) is 9.35 Å². The van der Waals surface area contributed by atoms with Gasteiger partial charge in [-0.25, -0.2) is 4.72 Å². The number of hydrogen-bond donors (Lipinski definition) is 2. The monoisotopic (exact) mass is 312 g/mol. The van der Waals surface area contributed by atoms with Crippen molar-refractivity contribution in [3.63, 3.8) is 0 Å². The highest BCUT2D eigenvalue weighted by molar-refractivity contribution is 8.02. The average molecular weight is 312 g/mol. The quantitative estimate of drug-likeness (QED) is 0.643. The molecular weight excluding hydrogens is 296 g/mol. The Morgan fingerprint density at radius 2 is 2.35 bits per heavy atom. The minimum Gasteiger partial charge on any atom is -0.593 e. The van der Waals surface area contributed by atoms with E-state index in [1.54, 1.807) is 13.2 Å². The van der Waals surface area contributed by atoms with Crippen molar-refractivity contribution < 1.29 is 14.1 Å². The maximum atomic E-state index is 11.4. The molecule has 0 aliphatic carbocycles. The summed E-state index contributed by atoms with van der Waals surface area (Å²) in [5.41, 5.74) is 2.56. The lowest BCUT2D eigenvalue weighted by atomic mass is 10.2. The number of thioether (sulfide) groups is 1. The van der Waals surface area contributed by atoms with Crippen molar-refractivity contribution in [2.75, 3.05) is 22.9 Å². The Labute approximate surface area is 125 Å².